The van der Waals surface area contributed by atoms with Crippen LogP contribution in [0.25, 0.3) is 10.8 Å². The summed E-state index contributed by atoms with van der Waals surface area (Å²) < 4.78 is 1.46. The summed E-state index contributed by atoms with van der Waals surface area (Å²) >= 11 is 0. The maximum Gasteiger partial charge on any atom is 0.271 e. The first-order valence-electron chi connectivity index (χ1n) is 9.45. The second kappa shape index (κ2) is 8.45. The van der Waals surface area contributed by atoms with E-state index in [1.165, 1.54) is 22.9 Å². The summed E-state index contributed by atoms with van der Waals surface area (Å²) in [6, 6.07) is 25.2. The van der Waals surface area contributed by atoms with Crippen molar-refractivity contribution in [2.75, 3.05) is 0 Å². The number of nitrogens with zero attached hydrogens (tertiary/aromatic N) is 1. The van der Waals surface area contributed by atoms with Crippen LogP contribution < -0.4 is 16.4 Å². The highest BCUT2D eigenvalue weighted by Crippen LogP contribution is 2.18. The number of amides is 2. The highest BCUT2D eigenvalue weighted by atomic mass is 16.2. The van der Waals surface area contributed by atoms with Gasteiger partial charge in [-0.25, -0.2) is 0 Å². The molecule has 0 aliphatic rings. The Morgan fingerprint density at radius 1 is 0.733 bits per heavy atom. The van der Waals surface area contributed by atoms with Gasteiger partial charge in [0.15, 0.2) is 0 Å². The van der Waals surface area contributed by atoms with E-state index in [2.05, 4.69) is 10.9 Å². The number of hydrazine groups is 1. The van der Waals surface area contributed by atoms with Crippen molar-refractivity contribution < 1.29 is 9.59 Å². The lowest BCUT2D eigenvalue weighted by Gasteiger charge is -2.11. The first-order valence-corrected chi connectivity index (χ1v) is 9.45. The number of hydrogen-bond acceptors (Lipinski definition) is 3. The van der Waals surface area contributed by atoms with Gasteiger partial charge in [0.1, 0.15) is 0 Å². The summed E-state index contributed by atoms with van der Waals surface area (Å²) in [5.41, 5.74) is 6.33. The molecule has 2 N–H and O–H groups in total. The van der Waals surface area contributed by atoms with Gasteiger partial charge in [-0.05, 0) is 28.5 Å². The van der Waals surface area contributed by atoms with Crippen LogP contribution in [0.2, 0.25) is 0 Å². The smallest absolute Gasteiger partial charge is 0.271 e. The van der Waals surface area contributed by atoms with Gasteiger partial charge in [-0.3, -0.25) is 25.2 Å². The fourth-order valence-electron chi connectivity index (χ4n) is 3.25. The Balaban J connectivity index is 1.48. The summed E-state index contributed by atoms with van der Waals surface area (Å²) in [6.45, 7) is 0.350. The Kier molecular flexibility index (Phi) is 5.39. The predicted octanol–water partition coefficient (Wildman–Crippen LogP) is 3.12. The number of rotatable bonds is 4. The van der Waals surface area contributed by atoms with Crippen molar-refractivity contribution in [1.29, 1.82) is 0 Å². The Hall–Kier alpha value is -4.19. The molecule has 1 heterocycles. The van der Waals surface area contributed by atoms with Crippen molar-refractivity contribution in [3.8, 4) is 0 Å². The SMILES string of the molecule is O=C(NNC(=O)c1cccc2ccccc12)c1ccc(=O)n(Cc2ccccc2)c1. The van der Waals surface area contributed by atoms with Crippen LogP contribution in [0, 0.1) is 0 Å². The van der Waals surface area contributed by atoms with Crippen molar-refractivity contribution in [2.24, 2.45) is 0 Å². The molecule has 0 aliphatic carbocycles. The molecule has 1 aromatic heterocycles. The lowest BCUT2D eigenvalue weighted by atomic mass is 10.0. The predicted molar refractivity (Wildman–Crippen MR) is 115 cm³/mol. The Labute approximate surface area is 172 Å². The fourth-order valence-corrected chi connectivity index (χ4v) is 3.25. The van der Waals surface area contributed by atoms with Gasteiger partial charge >= 0.3 is 0 Å². The topological polar surface area (TPSA) is 80.2 Å². The lowest BCUT2D eigenvalue weighted by Crippen LogP contribution is -2.42. The van der Waals surface area contributed by atoms with Crippen molar-refractivity contribution in [3.05, 3.63) is 118 Å². The third kappa shape index (κ3) is 4.12. The standard InChI is InChI=1S/C24H19N3O3/c28-22-14-13-19(16-27(22)15-17-7-2-1-3-8-17)23(29)25-26-24(30)21-12-6-10-18-9-4-5-11-20(18)21/h1-14,16H,15H2,(H,25,29)(H,26,30). The van der Waals surface area contributed by atoms with Gasteiger partial charge < -0.3 is 4.57 Å². The number of aromatic nitrogens is 1. The molecule has 0 unspecified atom stereocenters. The molecule has 0 spiro atoms. The normalized spacial score (nSPS) is 10.5. The second-order valence-electron chi connectivity index (χ2n) is 6.80. The summed E-state index contributed by atoms with van der Waals surface area (Å²) in [6.07, 6.45) is 1.48. The van der Waals surface area contributed by atoms with E-state index in [-0.39, 0.29) is 11.1 Å². The average Bonchev–Trinajstić information content (AvgIpc) is 2.79. The van der Waals surface area contributed by atoms with Gasteiger partial charge in [-0.1, -0.05) is 66.7 Å². The number of fused-ring (bicyclic) bond motifs is 1. The van der Waals surface area contributed by atoms with E-state index in [1.807, 2.05) is 60.7 Å². The highest BCUT2D eigenvalue weighted by molar-refractivity contribution is 6.07. The van der Waals surface area contributed by atoms with Gasteiger partial charge in [0.05, 0.1) is 12.1 Å². The second-order valence-corrected chi connectivity index (χ2v) is 6.80. The van der Waals surface area contributed by atoms with E-state index in [1.54, 1.807) is 12.1 Å². The van der Waals surface area contributed by atoms with Gasteiger partial charge in [0, 0.05) is 17.8 Å². The van der Waals surface area contributed by atoms with Crippen LogP contribution in [0.1, 0.15) is 26.3 Å². The molecule has 6 heteroatoms. The maximum atomic E-state index is 12.6. The molecule has 4 aromatic rings. The van der Waals surface area contributed by atoms with Crippen LogP contribution in [0.15, 0.2) is 95.9 Å². The van der Waals surface area contributed by atoms with E-state index >= 15 is 0 Å². The summed E-state index contributed by atoms with van der Waals surface area (Å²) in [5, 5.41) is 1.73. The zero-order valence-electron chi connectivity index (χ0n) is 16.0. The van der Waals surface area contributed by atoms with Crippen LogP contribution in [0.3, 0.4) is 0 Å². The molecule has 0 bridgehead atoms. The molecule has 148 valence electrons. The maximum absolute atomic E-state index is 12.6. The minimum absolute atomic E-state index is 0.213. The van der Waals surface area contributed by atoms with E-state index in [4.69, 9.17) is 0 Å². The quantitative estimate of drug-likeness (QED) is 0.519. The van der Waals surface area contributed by atoms with Crippen molar-refractivity contribution in [3.63, 3.8) is 0 Å². The zero-order valence-corrected chi connectivity index (χ0v) is 16.0. The molecule has 4 rings (SSSR count). The molecule has 0 saturated heterocycles. The minimum atomic E-state index is -0.509. The number of nitrogens with one attached hydrogen (secondary N) is 2. The monoisotopic (exact) mass is 397 g/mol. The third-order valence-corrected chi connectivity index (χ3v) is 4.77. The van der Waals surface area contributed by atoms with Crippen LogP contribution in [-0.4, -0.2) is 16.4 Å². The minimum Gasteiger partial charge on any atom is -0.310 e. The van der Waals surface area contributed by atoms with E-state index in [9.17, 15) is 14.4 Å². The Bertz CT molecular complexity index is 1270. The molecule has 0 fully saturated rings. The van der Waals surface area contributed by atoms with E-state index in [0.29, 0.717) is 12.1 Å². The molecule has 0 aliphatic heterocycles. The molecule has 2 amide bonds. The molecule has 30 heavy (non-hydrogen) atoms. The zero-order chi connectivity index (χ0) is 20.9. The first kappa shape index (κ1) is 19.1. The van der Waals surface area contributed by atoms with Gasteiger partial charge in [-0.15, -0.1) is 0 Å². The van der Waals surface area contributed by atoms with Crippen LogP contribution in [-0.2, 0) is 6.54 Å². The average molecular weight is 397 g/mol. The van der Waals surface area contributed by atoms with Crippen molar-refractivity contribution in [1.82, 2.24) is 15.4 Å². The van der Waals surface area contributed by atoms with Gasteiger partial charge in [-0.2, -0.15) is 0 Å². The molecule has 0 radical (unpaired) electrons. The Morgan fingerprint density at radius 2 is 1.43 bits per heavy atom. The largest absolute Gasteiger partial charge is 0.310 e. The van der Waals surface area contributed by atoms with Crippen LogP contribution >= 0.6 is 0 Å². The van der Waals surface area contributed by atoms with Gasteiger partial charge in [0.25, 0.3) is 17.4 Å². The Morgan fingerprint density at radius 3 is 2.27 bits per heavy atom. The third-order valence-electron chi connectivity index (χ3n) is 4.77. The van der Waals surface area contributed by atoms with Gasteiger partial charge in [0.2, 0.25) is 0 Å². The number of carbonyl (C=O) groups excluding carboxylic acids is 2. The fraction of sp³-hybridized carbons (Fsp3) is 0.0417. The highest BCUT2D eigenvalue weighted by Gasteiger charge is 2.12. The van der Waals surface area contributed by atoms with E-state index < -0.39 is 11.8 Å². The van der Waals surface area contributed by atoms with Crippen molar-refractivity contribution >= 4 is 22.6 Å². The van der Waals surface area contributed by atoms with Crippen LogP contribution in [0.5, 0.6) is 0 Å². The molecule has 6 nitrogen and oxygen atoms in total. The van der Waals surface area contributed by atoms with Crippen molar-refractivity contribution in [2.45, 2.75) is 6.54 Å². The molecule has 0 atom stereocenters. The van der Waals surface area contributed by atoms with E-state index in [0.717, 1.165) is 16.3 Å². The first-order chi connectivity index (χ1) is 14.6. The lowest BCUT2D eigenvalue weighted by molar-refractivity contribution is 0.0847. The number of benzene rings is 3. The summed E-state index contributed by atoms with van der Waals surface area (Å²) in [7, 11) is 0. The molecule has 3 aromatic carbocycles. The molecular weight excluding hydrogens is 378 g/mol. The number of pyridine rings is 1. The summed E-state index contributed by atoms with van der Waals surface area (Å²) in [4.78, 5) is 37.2. The number of hydrogen-bond donors (Lipinski definition) is 2. The number of carbonyl (C=O) groups is 2. The summed E-state index contributed by atoms with van der Waals surface area (Å²) in [5.74, 6) is -0.928. The van der Waals surface area contributed by atoms with Crippen LogP contribution in [0.4, 0.5) is 0 Å². The molecule has 0 saturated carbocycles. The molecular formula is C24H19N3O3.